The van der Waals surface area contributed by atoms with Crippen molar-refractivity contribution in [3.05, 3.63) is 45.3 Å². The van der Waals surface area contributed by atoms with Gasteiger partial charge in [-0.2, -0.15) is 0 Å². The minimum atomic E-state index is 0.673. The number of ether oxygens (including phenoxy) is 1. The van der Waals surface area contributed by atoms with Gasteiger partial charge in [0.2, 0.25) is 0 Å². The molecular formula is C13H12Br2N2O. The van der Waals surface area contributed by atoms with Crippen LogP contribution in [0.4, 0.5) is 17.1 Å². The Bertz CT molecular complexity index is 573. The maximum Gasteiger partial charge on any atom is 0.142 e. The van der Waals surface area contributed by atoms with Crippen molar-refractivity contribution in [2.45, 2.75) is 0 Å². The standard InChI is InChI=1S/C13H12Br2N2O/c1-18-13-5-3-9(15)7-12(13)17-11-4-2-8(14)6-10(11)16/h2-7,17H,16H2,1H3. The third kappa shape index (κ3) is 2.97. The summed E-state index contributed by atoms with van der Waals surface area (Å²) in [4.78, 5) is 0. The Morgan fingerprint density at radius 2 is 1.67 bits per heavy atom. The lowest BCUT2D eigenvalue weighted by molar-refractivity contribution is 0.417. The average Bonchev–Trinajstić information content (AvgIpc) is 2.33. The van der Waals surface area contributed by atoms with Gasteiger partial charge >= 0.3 is 0 Å². The molecule has 0 aliphatic rings. The zero-order chi connectivity index (χ0) is 13.1. The van der Waals surface area contributed by atoms with Gasteiger partial charge in [-0.15, -0.1) is 0 Å². The molecule has 0 fully saturated rings. The summed E-state index contributed by atoms with van der Waals surface area (Å²) in [5.41, 5.74) is 8.33. The monoisotopic (exact) mass is 370 g/mol. The van der Waals surface area contributed by atoms with E-state index in [1.165, 1.54) is 0 Å². The fourth-order valence-corrected chi connectivity index (χ4v) is 2.31. The van der Waals surface area contributed by atoms with Crippen molar-refractivity contribution in [1.29, 1.82) is 0 Å². The minimum Gasteiger partial charge on any atom is -0.495 e. The highest BCUT2D eigenvalue weighted by Gasteiger charge is 2.06. The Labute approximate surface area is 123 Å². The molecule has 0 saturated carbocycles. The van der Waals surface area contributed by atoms with E-state index in [0.717, 1.165) is 26.1 Å². The van der Waals surface area contributed by atoms with Gasteiger partial charge in [0, 0.05) is 8.95 Å². The molecule has 2 aromatic carbocycles. The number of nitrogens with one attached hydrogen (secondary N) is 1. The summed E-state index contributed by atoms with van der Waals surface area (Å²) < 4.78 is 7.23. The highest BCUT2D eigenvalue weighted by Crippen LogP contribution is 2.33. The summed E-state index contributed by atoms with van der Waals surface area (Å²) in [6.45, 7) is 0. The summed E-state index contributed by atoms with van der Waals surface area (Å²) in [7, 11) is 1.64. The smallest absolute Gasteiger partial charge is 0.142 e. The van der Waals surface area contributed by atoms with Crippen LogP contribution in [0, 0.1) is 0 Å². The topological polar surface area (TPSA) is 47.3 Å². The van der Waals surface area contributed by atoms with Crippen molar-refractivity contribution in [1.82, 2.24) is 0 Å². The van der Waals surface area contributed by atoms with Crippen LogP contribution in [-0.4, -0.2) is 7.11 Å². The Hall–Kier alpha value is -1.20. The Morgan fingerprint density at radius 1 is 1.00 bits per heavy atom. The highest BCUT2D eigenvalue weighted by atomic mass is 79.9. The van der Waals surface area contributed by atoms with Gasteiger partial charge in [0.25, 0.3) is 0 Å². The van der Waals surface area contributed by atoms with Crippen LogP contribution in [-0.2, 0) is 0 Å². The van der Waals surface area contributed by atoms with Crippen molar-refractivity contribution in [2.75, 3.05) is 18.2 Å². The zero-order valence-corrected chi connectivity index (χ0v) is 12.9. The fourth-order valence-electron chi connectivity index (χ4n) is 1.57. The van der Waals surface area contributed by atoms with Crippen LogP contribution in [0.2, 0.25) is 0 Å². The second-order valence-electron chi connectivity index (χ2n) is 3.70. The number of benzene rings is 2. The molecule has 5 heteroatoms. The van der Waals surface area contributed by atoms with E-state index in [1.807, 2.05) is 36.4 Å². The van der Waals surface area contributed by atoms with Crippen LogP contribution >= 0.6 is 31.9 Å². The summed E-state index contributed by atoms with van der Waals surface area (Å²) in [6, 6.07) is 11.5. The SMILES string of the molecule is COc1ccc(Br)cc1Nc1ccc(Br)cc1N. The van der Waals surface area contributed by atoms with Gasteiger partial charge in [0.15, 0.2) is 0 Å². The van der Waals surface area contributed by atoms with Crippen LogP contribution < -0.4 is 15.8 Å². The van der Waals surface area contributed by atoms with Gasteiger partial charge in [-0.1, -0.05) is 31.9 Å². The molecule has 94 valence electrons. The van der Waals surface area contributed by atoms with Crippen molar-refractivity contribution < 1.29 is 4.74 Å². The second-order valence-corrected chi connectivity index (χ2v) is 5.53. The summed E-state index contributed by atoms with van der Waals surface area (Å²) >= 11 is 6.82. The number of halogens is 2. The van der Waals surface area contributed by atoms with Gasteiger partial charge in [-0.05, 0) is 36.4 Å². The largest absolute Gasteiger partial charge is 0.495 e. The number of nitrogens with two attached hydrogens (primary N) is 1. The number of nitrogen functional groups attached to an aromatic ring is 1. The summed E-state index contributed by atoms with van der Waals surface area (Å²) in [6.07, 6.45) is 0. The van der Waals surface area contributed by atoms with Crippen LogP contribution in [0.3, 0.4) is 0 Å². The third-order valence-corrected chi connectivity index (χ3v) is 3.43. The summed E-state index contributed by atoms with van der Waals surface area (Å²) in [5.74, 6) is 0.764. The number of hydrogen-bond acceptors (Lipinski definition) is 3. The van der Waals surface area contributed by atoms with E-state index in [4.69, 9.17) is 10.5 Å². The first-order valence-corrected chi connectivity index (χ1v) is 6.84. The number of anilines is 3. The molecule has 2 rings (SSSR count). The second kappa shape index (κ2) is 5.63. The van der Waals surface area contributed by atoms with Crippen molar-refractivity contribution in [3.8, 4) is 5.75 Å². The van der Waals surface area contributed by atoms with Crippen molar-refractivity contribution in [3.63, 3.8) is 0 Å². The predicted octanol–water partition coefficient (Wildman–Crippen LogP) is 4.55. The highest BCUT2D eigenvalue weighted by molar-refractivity contribution is 9.10. The van der Waals surface area contributed by atoms with E-state index in [1.54, 1.807) is 7.11 Å². The van der Waals surface area contributed by atoms with Crippen molar-refractivity contribution in [2.24, 2.45) is 0 Å². The lowest BCUT2D eigenvalue weighted by Crippen LogP contribution is -1.98. The van der Waals surface area contributed by atoms with E-state index in [-0.39, 0.29) is 0 Å². The van der Waals surface area contributed by atoms with Gasteiger partial charge in [0.05, 0.1) is 24.2 Å². The van der Waals surface area contributed by atoms with Gasteiger partial charge in [-0.25, -0.2) is 0 Å². The van der Waals surface area contributed by atoms with Gasteiger partial charge in [-0.3, -0.25) is 0 Å². The predicted molar refractivity (Wildman–Crippen MR) is 82.5 cm³/mol. The summed E-state index contributed by atoms with van der Waals surface area (Å²) in [5, 5.41) is 3.26. The lowest BCUT2D eigenvalue weighted by Gasteiger charge is -2.13. The van der Waals surface area contributed by atoms with Crippen LogP contribution in [0.5, 0.6) is 5.75 Å². The minimum absolute atomic E-state index is 0.673. The van der Waals surface area contributed by atoms with Crippen LogP contribution in [0.25, 0.3) is 0 Å². The molecule has 0 aliphatic carbocycles. The molecule has 0 atom stereocenters. The first-order valence-electron chi connectivity index (χ1n) is 5.26. The number of methoxy groups -OCH3 is 1. The van der Waals surface area contributed by atoms with E-state index < -0.39 is 0 Å². The van der Waals surface area contributed by atoms with Crippen LogP contribution in [0.1, 0.15) is 0 Å². The molecule has 0 bridgehead atoms. The molecule has 0 spiro atoms. The molecule has 0 saturated heterocycles. The lowest BCUT2D eigenvalue weighted by atomic mass is 10.2. The first kappa shape index (κ1) is 13.2. The van der Waals surface area contributed by atoms with Crippen molar-refractivity contribution >= 4 is 48.9 Å². The normalized spacial score (nSPS) is 10.2. The van der Waals surface area contributed by atoms with E-state index >= 15 is 0 Å². The maximum absolute atomic E-state index is 5.95. The molecule has 0 amide bonds. The number of rotatable bonds is 3. The number of hydrogen-bond donors (Lipinski definition) is 2. The molecule has 3 nitrogen and oxygen atoms in total. The zero-order valence-electron chi connectivity index (χ0n) is 9.71. The van der Waals surface area contributed by atoms with E-state index in [9.17, 15) is 0 Å². The Kier molecular flexibility index (Phi) is 4.14. The molecular weight excluding hydrogens is 360 g/mol. The molecule has 3 N–H and O–H groups in total. The van der Waals surface area contributed by atoms with Gasteiger partial charge in [0.1, 0.15) is 5.75 Å². The molecule has 0 heterocycles. The third-order valence-electron chi connectivity index (χ3n) is 2.44. The van der Waals surface area contributed by atoms with Gasteiger partial charge < -0.3 is 15.8 Å². The van der Waals surface area contributed by atoms with Crippen LogP contribution in [0.15, 0.2) is 45.3 Å². The average molecular weight is 372 g/mol. The molecule has 0 aromatic heterocycles. The maximum atomic E-state index is 5.95. The molecule has 2 aromatic rings. The molecule has 18 heavy (non-hydrogen) atoms. The van der Waals surface area contributed by atoms with E-state index in [0.29, 0.717) is 5.69 Å². The molecule has 0 unspecified atom stereocenters. The first-order chi connectivity index (χ1) is 8.60. The van der Waals surface area contributed by atoms with E-state index in [2.05, 4.69) is 37.2 Å². The Balaban J connectivity index is 2.36. The molecule has 0 radical (unpaired) electrons. The fraction of sp³-hybridized carbons (Fsp3) is 0.0769. The Morgan fingerprint density at radius 3 is 2.33 bits per heavy atom. The molecule has 0 aliphatic heterocycles. The quantitative estimate of drug-likeness (QED) is 0.778.